The zero-order valence-electron chi connectivity index (χ0n) is 15.7. The molecule has 29 heavy (non-hydrogen) atoms. The molecule has 146 valence electrons. The molecule has 3 aromatic rings. The Kier molecular flexibility index (Phi) is 4.23. The van der Waals surface area contributed by atoms with Crippen LogP contribution in [0.1, 0.15) is 35.1 Å². The van der Waals surface area contributed by atoms with Gasteiger partial charge >= 0.3 is 6.18 Å². The zero-order valence-corrected chi connectivity index (χ0v) is 15.7. The van der Waals surface area contributed by atoms with Crippen molar-refractivity contribution < 1.29 is 13.2 Å². The quantitative estimate of drug-likeness (QED) is 0.456. The number of fused-ring (bicyclic) bond motifs is 3. The van der Waals surface area contributed by atoms with Crippen molar-refractivity contribution in [3.8, 4) is 11.1 Å². The maximum Gasteiger partial charge on any atom is 0.416 e. The molecule has 3 atom stereocenters. The summed E-state index contributed by atoms with van der Waals surface area (Å²) in [5, 5.41) is 3.52. The monoisotopic (exact) mass is 391 g/mol. The Labute approximate surface area is 167 Å². The third-order valence-electron chi connectivity index (χ3n) is 6.08. The van der Waals surface area contributed by atoms with Gasteiger partial charge in [-0.3, -0.25) is 0 Å². The predicted octanol–water partition coefficient (Wildman–Crippen LogP) is 7.20. The first-order valence-electron chi connectivity index (χ1n) is 9.81. The molecule has 0 fully saturated rings. The highest BCUT2D eigenvalue weighted by atomic mass is 19.4. The fourth-order valence-corrected chi connectivity index (χ4v) is 4.81. The molecule has 0 amide bonds. The molecule has 0 unspecified atom stereocenters. The van der Waals surface area contributed by atoms with E-state index < -0.39 is 17.8 Å². The average molecular weight is 391 g/mol. The van der Waals surface area contributed by atoms with E-state index in [2.05, 4.69) is 23.5 Å². The lowest BCUT2D eigenvalue weighted by atomic mass is 9.75. The SMILES string of the molecule is FC(F)(F)c1ccccc1[C@@H]1Nc2c(-c3ccccc3)cccc2[C@H]2C=CC[C@@H]21. The van der Waals surface area contributed by atoms with Crippen LogP contribution < -0.4 is 5.32 Å². The predicted molar refractivity (Wildman–Crippen MR) is 110 cm³/mol. The summed E-state index contributed by atoms with van der Waals surface area (Å²) in [5.41, 5.74) is 3.95. The molecule has 2 aliphatic rings. The summed E-state index contributed by atoms with van der Waals surface area (Å²) in [7, 11) is 0. The third-order valence-corrected chi connectivity index (χ3v) is 6.08. The fraction of sp³-hybridized carbons (Fsp3) is 0.200. The number of hydrogen-bond donors (Lipinski definition) is 1. The highest BCUT2D eigenvalue weighted by Crippen LogP contribution is 2.53. The Balaban J connectivity index is 1.67. The van der Waals surface area contributed by atoms with E-state index in [-0.39, 0.29) is 11.8 Å². The summed E-state index contributed by atoms with van der Waals surface area (Å²) in [6.45, 7) is 0. The van der Waals surface area contributed by atoms with E-state index in [9.17, 15) is 13.2 Å². The molecule has 0 saturated heterocycles. The molecule has 1 aliphatic heterocycles. The van der Waals surface area contributed by atoms with Crippen molar-refractivity contribution in [2.24, 2.45) is 5.92 Å². The second kappa shape index (κ2) is 6.80. The van der Waals surface area contributed by atoms with Gasteiger partial charge in [0, 0.05) is 17.2 Å². The molecule has 1 aliphatic carbocycles. The number of rotatable bonds is 2. The van der Waals surface area contributed by atoms with Crippen LogP contribution in [-0.4, -0.2) is 0 Å². The van der Waals surface area contributed by atoms with E-state index >= 15 is 0 Å². The molecule has 1 heterocycles. The Morgan fingerprint density at radius 3 is 2.31 bits per heavy atom. The number of halogens is 3. The average Bonchev–Trinajstić information content (AvgIpc) is 3.23. The van der Waals surface area contributed by atoms with E-state index in [0.29, 0.717) is 5.56 Å². The van der Waals surface area contributed by atoms with Crippen LogP contribution in [0.15, 0.2) is 84.9 Å². The zero-order chi connectivity index (χ0) is 20.0. The first-order valence-corrected chi connectivity index (χ1v) is 9.81. The van der Waals surface area contributed by atoms with Crippen LogP contribution in [0.4, 0.5) is 18.9 Å². The first kappa shape index (κ1) is 18.0. The molecule has 4 heteroatoms. The molecular formula is C25H20F3N. The minimum Gasteiger partial charge on any atom is -0.377 e. The Hall–Kier alpha value is -3.01. The lowest BCUT2D eigenvalue weighted by molar-refractivity contribution is -0.138. The second-order valence-corrected chi connectivity index (χ2v) is 7.70. The minimum absolute atomic E-state index is 0.0667. The van der Waals surface area contributed by atoms with E-state index in [0.717, 1.165) is 28.8 Å². The first-order chi connectivity index (χ1) is 14.0. The fourth-order valence-electron chi connectivity index (χ4n) is 4.81. The topological polar surface area (TPSA) is 12.0 Å². The smallest absolute Gasteiger partial charge is 0.377 e. The van der Waals surface area contributed by atoms with Crippen molar-refractivity contribution in [3.05, 3.63) is 102 Å². The number of para-hydroxylation sites is 1. The van der Waals surface area contributed by atoms with Crippen molar-refractivity contribution in [1.82, 2.24) is 0 Å². The summed E-state index contributed by atoms with van der Waals surface area (Å²) in [4.78, 5) is 0. The molecule has 5 rings (SSSR count). The van der Waals surface area contributed by atoms with Gasteiger partial charge in [-0.25, -0.2) is 0 Å². The standard InChI is InChI=1S/C25H20F3N/c26-25(27,28)22-15-5-4-10-21(22)24-20-14-7-12-18(20)19-13-6-11-17(23(19)29-24)16-8-2-1-3-9-16/h1-13,15,18,20,24,29H,14H2/t18-,20+,24-/m1/s1. The van der Waals surface area contributed by atoms with E-state index in [1.807, 2.05) is 42.5 Å². The molecule has 0 spiro atoms. The lowest BCUT2D eigenvalue weighted by Gasteiger charge is -2.39. The van der Waals surface area contributed by atoms with E-state index in [1.54, 1.807) is 12.1 Å². The number of allylic oxidation sites excluding steroid dienone is 2. The molecule has 0 bridgehead atoms. The normalized spacial score (nSPS) is 22.7. The van der Waals surface area contributed by atoms with Gasteiger partial charge in [0.2, 0.25) is 0 Å². The summed E-state index contributed by atoms with van der Waals surface area (Å²) in [5.74, 6) is 0.179. The summed E-state index contributed by atoms with van der Waals surface area (Å²) >= 11 is 0. The number of hydrogen-bond acceptors (Lipinski definition) is 1. The lowest BCUT2D eigenvalue weighted by Crippen LogP contribution is -2.31. The van der Waals surface area contributed by atoms with Crippen molar-refractivity contribution in [1.29, 1.82) is 0 Å². The summed E-state index contributed by atoms with van der Waals surface area (Å²) in [6, 6.07) is 21.7. The van der Waals surface area contributed by atoms with Crippen LogP contribution in [0, 0.1) is 5.92 Å². The van der Waals surface area contributed by atoms with Gasteiger partial charge < -0.3 is 5.32 Å². The summed E-state index contributed by atoms with van der Waals surface area (Å²) in [6.07, 6.45) is 0.648. The van der Waals surface area contributed by atoms with E-state index in [4.69, 9.17) is 0 Å². The van der Waals surface area contributed by atoms with Crippen molar-refractivity contribution in [3.63, 3.8) is 0 Å². The number of nitrogens with one attached hydrogen (secondary N) is 1. The Morgan fingerprint density at radius 1 is 0.793 bits per heavy atom. The Bertz CT molecular complexity index is 1070. The van der Waals surface area contributed by atoms with Crippen LogP contribution in [0.25, 0.3) is 11.1 Å². The molecular weight excluding hydrogens is 371 g/mol. The van der Waals surface area contributed by atoms with Crippen LogP contribution in [0.3, 0.4) is 0 Å². The highest BCUT2D eigenvalue weighted by Gasteiger charge is 2.42. The molecule has 1 nitrogen and oxygen atoms in total. The maximum atomic E-state index is 13.7. The third kappa shape index (κ3) is 3.03. The summed E-state index contributed by atoms with van der Waals surface area (Å²) < 4.78 is 41.2. The van der Waals surface area contributed by atoms with Gasteiger partial charge in [0.15, 0.2) is 0 Å². The number of alkyl halides is 3. The van der Waals surface area contributed by atoms with Crippen molar-refractivity contribution >= 4 is 5.69 Å². The molecule has 0 radical (unpaired) electrons. The molecule has 0 saturated carbocycles. The van der Waals surface area contributed by atoms with Crippen molar-refractivity contribution in [2.75, 3.05) is 5.32 Å². The van der Waals surface area contributed by atoms with Crippen LogP contribution >= 0.6 is 0 Å². The largest absolute Gasteiger partial charge is 0.416 e. The van der Waals surface area contributed by atoms with Gasteiger partial charge in [-0.1, -0.05) is 78.9 Å². The van der Waals surface area contributed by atoms with Crippen LogP contribution in [0.2, 0.25) is 0 Å². The number of benzene rings is 3. The van der Waals surface area contributed by atoms with E-state index in [1.165, 1.54) is 12.1 Å². The maximum absolute atomic E-state index is 13.7. The highest BCUT2D eigenvalue weighted by molar-refractivity contribution is 5.82. The van der Waals surface area contributed by atoms with Gasteiger partial charge in [0.05, 0.1) is 11.6 Å². The van der Waals surface area contributed by atoms with Gasteiger partial charge in [-0.15, -0.1) is 0 Å². The molecule has 1 N–H and O–H groups in total. The molecule has 3 aromatic carbocycles. The van der Waals surface area contributed by atoms with Gasteiger partial charge in [0.25, 0.3) is 0 Å². The number of anilines is 1. The second-order valence-electron chi connectivity index (χ2n) is 7.70. The Morgan fingerprint density at radius 2 is 1.52 bits per heavy atom. The van der Waals surface area contributed by atoms with Gasteiger partial charge in [-0.2, -0.15) is 13.2 Å². The van der Waals surface area contributed by atoms with Gasteiger partial charge in [0.1, 0.15) is 0 Å². The molecule has 0 aromatic heterocycles. The van der Waals surface area contributed by atoms with Crippen molar-refractivity contribution in [2.45, 2.75) is 24.6 Å². The van der Waals surface area contributed by atoms with Gasteiger partial charge in [-0.05, 0) is 35.1 Å². The minimum atomic E-state index is -4.38. The van der Waals surface area contributed by atoms with Crippen LogP contribution in [-0.2, 0) is 6.18 Å². The van der Waals surface area contributed by atoms with Crippen LogP contribution in [0.5, 0.6) is 0 Å².